The molecule has 8 heteroatoms. The Morgan fingerprint density at radius 2 is 1.62 bits per heavy atom. The smallest absolute Gasteiger partial charge is 0.262 e. The highest BCUT2D eigenvalue weighted by molar-refractivity contribution is 7.99. The third-order valence-electron chi connectivity index (χ3n) is 4.83. The number of thioether (sulfide) groups is 1. The first kappa shape index (κ1) is 19.4. The van der Waals surface area contributed by atoms with Gasteiger partial charge < -0.3 is 4.74 Å². The Morgan fingerprint density at radius 1 is 1.00 bits per heavy atom. The fourth-order valence-corrected chi connectivity index (χ4v) is 4.45. The maximum absolute atomic E-state index is 13.1. The second-order valence-corrected chi connectivity index (χ2v) is 7.66. The Bertz CT molecular complexity index is 1140. The van der Waals surface area contributed by atoms with Crippen LogP contribution in [0.15, 0.2) is 58.5 Å². The summed E-state index contributed by atoms with van der Waals surface area (Å²) in [7, 11) is 1.57. The predicted molar refractivity (Wildman–Crippen MR) is 110 cm³/mol. The van der Waals surface area contributed by atoms with Gasteiger partial charge in [-0.25, -0.2) is 4.98 Å². The van der Waals surface area contributed by atoms with Gasteiger partial charge in [0.25, 0.3) is 17.4 Å². The first-order valence-electron chi connectivity index (χ1n) is 9.11. The van der Waals surface area contributed by atoms with Gasteiger partial charge in [-0.3, -0.25) is 23.9 Å². The van der Waals surface area contributed by atoms with E-state index in [9.17, 15) is 14.4 Å². The minimum absolute atomic E-state index is 0.0663. The minimum Gasteiger partial charge on any atom is -0.383 e. The van der Waals surface area contributed by atoms with E-state index in [1.807, 2.05) is 13.0 Å². The van der Waals surface area contributed by atoms with Crippen molar-refractivity contribution < 1.29 is 14.3 Å². The number of nitrogens with zero attached hydrogens (tertiary/aromatic N) is 3. The monoisotopic (exact) mass is 409 g/mol. The van der Waals surface area contributed by atoms with Crippen LogP contribution in [-0.4, -0.2) is 45.9 Å². The number of benzene rings is 2. The zero-order valence-corrected chi connectivity index (χ0v) is 16.8. The van der Waals surface area contributed by atoms with Crippen molar-refractivity contribution in [3.05, 3.63) is 70.0 Å². The van der Waals surface area contributed by atoms with Crippen molar-refractivity contribution in [3.63, 3.8) is 0 Å². The molecule has 7 nitrogen and oxygen atoms in total. The number of amides is 2. The van der Waals surface area contributed by atoms with Crippen LogP contribution in [0.2, 0.25) is 0 Å². The Labute approximate surface area is 171 Å². The van der Waals surface area contributed by atoms with Crippen LogP contribution in [0.4, 0.5) is 0 Å². The molecule has 148 valence electrons. The van der Waals surface area contributed by atoms with Crippen molar-refractivity contribution in [2.75, 3.05) is 19.6 Å². The fourth-order valence-electron chi connectivity index (χ4n) is 3.41. The van der Waals surface area contributed by atoms with Crippen LogP contribution in [0.5, 0.6) is 0 Å². The van der Waals surface area contributed by atoms with E-state index < -0.39 is 0 Å². The molecule has 1 unspecified atom stereocenters. The molecule has 0 spiro atoms. The third-order valence-corrected chi connectivity index (χ3v) is 5.76. The standard InChI is InChI=1S/C21H19N3O4S/c1-13(11-28-2)24-20(27)16-9-5-6-10-17(16)22-21(24)29-12-23-18(25)14-7-3-4-8-15(14)19(23)26/h3-10,13H,11-12H2,1-2H3. The summed E-state index contributed by atoms with van der Waals surface area (Å²) in [4.78, 5) is 44.1. The number of rotatable bonds is 6. The SMILES string of the molecule is COCC(C)n1c(SCN2C(=O)c3ccccc3C2=O)nc2ccccc2c1=O. The summed E-state index contributed by atoms with van der Waals surface area (Å²) in [5.41, 5.74) is 1.19. The molecule has 2 aromatic carbocycles. The number of aromatic nitrogens is 2. The number of carbonyl (C=O) groups excluding carboxylic acids is 2. The number of hydrogen-bond donors (Lipinski definition) is 0. The lowest BCUT2D eigenvalue weighted by Gasteiger charge is -2.20. The van der Waals surface area contributed by atoms with Crippen LogP contribution < -0.4 is 5.56 Å². The van der Waals surface area contributed by atoms with E-state index in [1.165, 1.54) is 16.7 Å². The summed E-state index contributed by atoms with van der Waals surface area (Å²) >= 11 is 1.19. The van der Waals surface area contributed by atoms with Gasteiger partial charge in [-0.15, -0.1) is 0 Å². The van der Waals surface area contributed by atoms with Crippen LogP contribution in [0.1, 0.15) is 33.7 Å². The summed E-state index contributed by atoms with van der Waals surface area (Å²) in [6.07, 6.45) is 0. The Hall–Kier alpha value is -2.97. The first-order valence-corrected chi connectivity index (χ1v) is 10.1. The molecule has 1 aliphatic heterocycles. The van der Waals surface area contributed by atoms with Gasteiger partial charge in [0, 0.05) is 7.11 Å². The van der Waals surface area contributed by atoms with Gasteiger partial charge in [-0.1, -0.05) is 36.0 Å². The summed E-state index contributed by atoms with van der Waals surface area (Å²) in [6.45, 7) is 2.20. The molecule has 2 amide bonds. The molecule has 0 fully saturated rings. The summed E-state index contributed by atoms with van der Waals surface area (Å²) in [6, 6.07) is 13.6. The molecule has 0 bridgehead atoms. The first-order chi connectivity index (χ1) is 14.0. The zero-order chi connectivity index (χ0) is 20.5. The van der Waals surface area contributed by atoms with Crippen LogP contribution >= 0.6 is 11.8 Å². The van der Waals surface area contributed by atoms with Crippen molar-refractivity contribution in [2.24, 2.45) is 0 Å². The Balaban J connectivity index is 1.69. The van der Waals surface area contributed by atoms with Crippen LogP contribution in [0.3, 0.4) is 0 Å². The minimum atomic E-state index is -0.335. The van der Waals surface area contributed by atoms with E-state index in [1.54, 1.807) is 54.1 Å². The number of imide groups is 1. The molecule has 4 rings (SSSR count). The molecule has 0 radical (unpaired) electrons. The van der Waals surface area contributed by atoms with E-state index in [-0.39, 0.29) is 29.3 Å². The van der Waals surface area contributed by atoms with E-state index in [0.29, 0.717) is 33.8 Å². The van der Waals surface area contributed by atoms with Gasteiger partial charge in [-0.2, -0.15) is 0 Å². The summed E-state index contributed by atoms with van der Waals surface area (Å²) < 4.78 is 6.78. The number of ether oxygens (including phenoxy) is 1. The van der Waals surface area contributed by atoms with Crippen LogP contribution in [-0.2, 0) is 4.74 Å². The molecule has 1 atom stereocenters. The largest absolute Gasteiger partial charge is 0.383 e. The summed E-state index contributed by atoms with van der Waals surface area (Å²) in [5, 5.41) is 0.954. The van der Waals surface area contributed by atoms with Crippen molar-refractivity contribution in [3.8, 4) is 0 Å². The van der Waals surface area contributed by atoms with E-state index in [2.05, 4.69) is 4.98 Å². The zero-order valence-electron chi connectivity index (χ0n) is 16.0. The number of carbonyl (C=O) groups is 2. The maximum atomic E-state index is 13.1. The average molecular weight is 409 g/mol. The number of para-hydroxylation sites is 1. The maximum Gasteiger partial charge on any atom is 0.262 e. The van der Waals surface area contributed by atoms with Crippen molar-refractivity contribution in [1.29, 1.82) is 0 Å². The second kappa shape index (κ2) is 7.81. The number of methoxy groups -OCH3 is 1. The highest BCUT2D eigenvalue weighted by atomic mass is 32.2. The summed E-state index contributed by atoms with van der Waals surface area (Å²) in [5.74, 6) is -0.605. The molecule has 0 saturated carbocycles. The lowest BCUT2D eigenvalue weighted by Crippen LogP contribution is -2.31. The van der Waals surface area contributed by atoms with Crippen LogP contribution in [0.25, 0.3) is 10.9 Å². The predicted octanol–water partition coefficient (Wildman–Crippen LogP) is 2.95. The van der Waals surface area contributed by atoms with Gasteiger partial charge in [0.2, 0.25) is 0 Å². The molecule has 0 saturated heterocycles. The molecule has 0 aliphatic carbocycles. The molecular weight excluding hydrogens is 390 g/mol. The van der Waals surface area contributed by atoms with Gasteiger partial charge in [0.1, 0.15) is 0 Å². The van der Waals surface area contributed by atoms with Crippen molar-refractivity contribution in [1.82, 2.24) is 14.5 Å². The number of fused-ring (bicyclic) bond motifs is 2. The Kier molecular flexibility index (Phi) is 5.21. The molecule has 0 N–H and O–H groups in total. The van der Waals surface area contributed by atoms with E-state index >= 15 is 0 Å². The van der Waals surface area contributed by atoms with E-state index in [0.717, 1.165) is 0 Å². The quantitative estimate of drug-likeness (QED) is 0.354. The molecular formula is C21H19N3O4S. The molecule has 1 aliphatic rings. The van der Waals surface area contributed by atoms with Gasteiger partial charge in [-0.05, 0) is 31.2 Å². The second-order valence-electron chi connectivity index (χ2n) is 6.75. The lowest BCUT2D eigenvalue weighted by atomic mass is 10.1. The highest BCUT2D eigenvalue weighted by Crippen LogP contribution is 2.27. The van der Waals surface area contributed by atoms with Gasteiger partial charge in [0.15, 0.2) is 5.16 Å². The molecule has 29 heavy (non-hydrogen) atoms. The number of hydrogen-bond acceptors (Lipinski definition) is 6. The molecule has 1 aromatic heterocycles. The normalized spacial score (nSPS) is 14.5. The lowest BCUT2D eigenvalue weighted by molar-refractivity contribution is 0.0684. The van der Waals surface area contributed by atoms with E-state index in [4.69, 9.17) is 4.74 Å². The molecule has 3 aromatic rings. The van der Waals surface area contributed by atoms with Crippen LogP contribution in [0, 0.1) is 0 Å². The topological polar surface area (TPSA) is 81.5 Å². The average Bonchev–Trinajstić information content (AvgIpc) is 2.97. The Morgan fingerprint density at radius 3 is 2.28 bits per heavy atom. The van der Waals surface area contributed by atoms with Gasteiger partial charge >= 0.3 is 0 Å². The van der Waals surface area contributed by atoms with Gasteiger partial charge in [0.05, 0.1) is 40.6 Å². The highest BCUT2D eigenvalue weighted by Gasteiger charge is 2.35. The third kappa shape index (κ3) is 3.34. The molecule has 2 heterocycles. The van der Waals surface area contributed by atoms with Crippen molar-refractivity contribution in [2.45, 2.75) is 18.1 Å². The fraction of sp³-hybridized carbons (Fsp3) is 0.238. The van der Waals surface area contributed by atoms with Crippen molar-refractivity contribution >= 4 is 34.5 Å².